The molecule has 138 valence electrons. The standard InChI is InChI=1S/C17H19N3O5S/c1-11-4-8-15(9-5-11)26(24,25)19-13(3)17(21)18-16-10-14(20(22)23)7-6-12(16)2/h4-10,13,19H,1-3H3,(H,18,21)/t13-/m1/s1. The van der Waals surface area contributed by atoms with Gasteiger partial charge in [0.25, 0.3) is 5.69 Å². The summed E-state index contributed by atoms with van der Waals surface area (Å²) >= 11 is 0. The number of carbonyl (C=O) groups is 1. The molecule has 0 aliphatic carbocycles. The van der Waals surface area contributed by atoms with E-state index in [0.717, 1.165) is 5.56 Å². The van der Waals surface area contributed by atoms with Gasteiger partial charge in [-0.15, -0.1) is 0 Å². The fraction of sp³-hybridized carbons (Fsp3) is 0.235. The Morgan fingerprint density at radius 3 is 2.31 bits per heavy atom. The third-order valence-electron chi connectivity index (χ3n) is 3.75. The highest BCUT2D eigenvalue weighted by molar-refractivity contribution is 7.89. The Bertz CT molecular complexity index is 939. The lowest BCUT2D eigenvalue weighted by molar-refractivity contribution is -0.384. The highest BCUT2D eigenvalue weighted by Gasteiger charge is 2.23. The zero-order chi connectivity index (χ0) is 19.5. The Balaban J connectivity index is 2.14. The molecule has 0 aromatic heterocycles. The van der Waals surface area contributed by atoms with E-state index in [1.807, 2.05) is 6.92 Å². The molecule has 0 aliphatic heterocycles. The maximum absolute atomic E-state index is 12.3. The first-order chi connectivity index (χ1) is 12.1. The Morgan fingerprint density at radius 2 is 1.73 bits per heavy atom. The van der Waals surface area contributed by atoms with E-state index in [-0.39, 0.29) is 16.3 Å². The molecule has 1 amide bonds. The minimum absolute atomic E-state index is 0.0503. The normalized spacial score (nSPS) is 12.4. The summed E-state index contributed by atoms with van der Waals surface area (Å²) in [5.74, 6) is -0.621. The van der Waals surface area contributed by atoms with E-state index in [1.165, 1.54) is 37.3 Å². The number of amides is 1. The SMILES string of the molecule is Cc1ccc(S(=O)(=O)N[C@H](C)C(=O)Nc2cc([N+](=O)[O-])ccc2C)cc1. The average Bonchev–Trinajstić information content (AvgIpc) is 2.56. The van der Waals surface area contributed by atoms with E-state index in [4.69, 9.17) is 0 Å². The molecule has 8 nitrogen and oxygen atoms in total. The van der Waals surface area contributed by atoms with Crippen molar-refractivity contribution < 1.29 is 18.1 Å². The molecule has 0 spiro atoms. The molecular formula is C17H19N3O5S. The summed E-state index contributed by atoms with van der Waals surface area (Å²) in [4.78, 5) is 22.6. The van der Waals surface area contributed by atoms with Crippen LogP contribution in [0, 0.1) is 24.0 Å². The predicted octanol–water partition coefficient (Wildman–Crippen LogP) is 2.52. The van der Waals surface area contributed by atoms with Crippen molar-refractivity contribution in [3.05, 3.63) is 63.7 Å². The van der Waals surface area contributed by atoms with Crippen molar-refractivity contribution in [2.24, 2.45) is 0 Å². The Labute approximate surface area is 151 Å². The van der Waals surface area contributed by atoms with Gasteiger partial charge in [0.15, 0.2) is 0 Å². The molecule has 2 aromatic rings. The van der Waals surface area contributed by atoms with E-state index in [9.17, 15) is 23.3 Å². The highest BCUT2D eigenvalue weighted by atomic mass is 32.2. The summed E-state index contributed by atoms with van der Waals surface area (Å²) in [6, 6.07) is 9.22. The summed E-state index contributed by atoms with van der Waals surface area (Å²) < 4.78 is 27.0. The monoisotopic (exact) mass is 377 g/mol. The van der Waals surface area contributed by atoms with Gasteiger partial charge in [0.05, 0.1) is 21.5 Å². The van der Waals surface area contributed by atoms with Crippen LogP contribution >= 0.6 is 0 Å². The van der Waals surface area contributed by atoms with Gasteiger partial charge < -0.3 is 5.32 Å². The summed E-state index contributed by atoms with van der Waals surface area (Å²) in [7, 11) is -3.86. The molecule has 0 radical (unpaired) electrons. The first-order valence-electron chi connectivity index (χ1n) is 7.75. The van der Waals surface area contributed by atoms with Gasteiger partial charge in [0.1, 0.15) is 0 Å². The number of anilines is 1. The summed E-state index contributed by atoms with van der Waals surface area (Å²) in [5, 5.41) is 13.4. The smallest absolute Gasteiger partial charge is 0.271 e. The number of nitrogens with one attached hydrogen (secondary N) is 2. The van der Waals surface area contributed by atoms with Gasteiger partial charge in [-0.3, -0.25) is 14.9 Å². The van der Waals surface area contributed by atoms with Crippen molar-refractivity contribution in [2.75, 3.05) is 5.32 Å². The Hall–Kier alpha value is -2.78. The molecule has 0 heterocycles. The molecule has 0 saturated heterocycles. The zero-order valence-electron chi connectivity index (χ0n) is 14.5. The second kappa shape index (κ2) is 7.63. The fourth-order valence-corrected chi connectivity index (χ4v) is 3.37. The lowest BCUT2D eigenvalue weighted by Crippen LogP contribution is -2.41. The molecule has 0 saturated carbocycles. The van der Waals surface area contributed by atoms with Crippen LogP contribution in [0.5, 0.6) is 0 Å². The molecule has 0 aliphatic rings. The van der Waals surface area contributed by atoms with Crippen molar-refractivity contribution in [1.29, 1.82) is 0 Å². The van der Waals surface area contributed by atoms with Crippen LogP contribution in [0.4, 0.5) is 11.4 Å². The van der Waals surface area contributed by atoms with Crippen LogP contribution in [0.1, 0.15) is 18.1 Å². The molecule has 1 atom stereocenters. The maximum Gasteiger partial charge on any atom is 0.271 e. The van der Waals surface area contributed by atoms with Gasteiger partial charge in [0.2, 0.25) is 15.9 Å². The van der Waals surface area contributed by atoms with E-state index < -0.39 is 26.9 Å². The number of aryl methyl sites for hydroxylation is 2. The molecule has 2 N–H and O–H groups in total. The van der Waals surface area contributed by atoms with E-state index in [1.54, 1.807) is 19.1 Å². The van der Waals surface area contributed by atoms with Crippen LogP contribution in [-0.2, 0) is 14.8 Å². The van der Waals surface area contributed by atoms with Crippen molar-refractivity contribution >= 4 is 27.3 Å². The molecule has 0 unspecified atom stereocenters. The van der Waals surface area contributed by atoms with Crippen LogP contribution in [0.15, 0.2) is 47.4 Å². The zero-order valence-corrected chi connectivity index (χ0v) is 15.3. The number of non-ortho nitro benzene ring substituents is 1. The summed E-state index contributed by atoms with van der Waals surface area (Å²) in [6.07, 6.45) is 0. The number of rotatable bonds is 6. The number of sulfonamides is 1. The van der Waals surface area contributed by atoms with E-state index >= 15 is 0 Å². The van der Waals surface area contributed by atoms with E-state index in [2.05, 4.69) is 10.0 Å². The number of hydrogen-bond acceptors (Lipinski definition) is 5. The summed E-state index contributed by atoms with van der Waals surface area (Å²) in [6.45, 7) is 4.91. The van der Waals surface area contributed by atoms with Crippen molar-refractivity contribution in [2.45, 2.75) is 31.7 Å². The first-order valence-corrected chi connectivity index (χ1v) is 9.23. The largest absolute Gasteiger partial charge is 0.324 e. The van der Waals surface area contributed by atoms with Gasteiger partial charge in [-0.05, 0) is 38.5 Å². The topological polar surface area (TPSA) is 118 Å². The molecule has 2 rings (SSSR count). The lowest BCUT2D eigenvalue weighted by atomic mass is 10.1. The summed E-state index contributed by atoms with van der Waals surface area (Å²) in [5.41, 5.74) is 1.62. The number of nitro benzene ring substituents is 1. The van der Waals surface area contributed by atoms with Gasteiger partial charge >= 0.3 is 0 Å². The van der Waals surface area contributed by atoms with Gasteiger partial charge in [-0.25, -0.2) is 8.42 Å². The van der Waals surface area contributed by atoms with Crippen molar-refractivity contribution in [3.63, 3.8) is 0 Å². The first kappa shape index (κ1) is 19.5. The Morgan fingerprint density at radius 1 is 1.12 bits per heavy atom. The number of carbonyl (C=O) groups excluding carboxylic acids is 1. The number of nitrogens with zero attached hydrogens (tertiary/aromatic N) is 1. The third-order valence-corrected chi connectivity index (χ3v) is 5.30. The molecule has 0 bridgehead atoms. The van der Waals surface area contributed by atoms with Crippen LogP contribution in [0.25, 0.3) is 0 Å². The van der Waals surface area contributed by atoms with Gasteiger partial charge in [0, 0.05) is 12.1 Å². The van der Waals surface area contributed by atoms with Gasteiger partial charge in [-0.1, -0.05) is 23.8 Å². The second-order valence-electron chi connectivity index (χ2n) is 5.90. The number of benzene rings is 2. The average molecular weight is 377 g/mol. The predicted molar refractivity (Wildman–Crippen MR) is 97.4 cm³/mol. The van der Waals surface area contributed by atoms with Crippen LogP contribution < -0.4 is 10.0 Å². The number of hydrogen-bond donors (Lipinski definition) is 2. The fourth-order valence-electron chi connectivity index (χ4n) is 2.17. The third kappa shape index (κ3) is 4.64. The minimum Gasteiger partial charge on any atom is -0.324 e. The molecule has 26 heavy (non-hydrogen) atoms. The molecule has 9 heteroatoms. The van der Waals surface area contributed by atoms with Crippen LogP contribution in [-0.4, -0.2) is 25.3 Å². The Kier molecular flexibility index (Phi) is 5.73. The molecule has 2 aromatic carbocycles. The second-order valence-corrected chi connectivity index (χ2v) is 7.62. The molecular weight excluding hydrogens is 358 g/mol. The van der Waals surface area contributed by atoms with Gasteiger partial charge in [-0.2, -0.15) is 4.72 Å². The maximum atomic E-state index is 12.3. The lowest BCUT2D eigenvalue weighted by Gasteiger charge is -2.15. The van der Waals surface area contributed by atoms with Crippen LogP contribution in [0.3, 0.4) is 0 Å². The molecule has 0 fully saturated rings. The number of nitro groups is 1. The van der Waals surface area contributed by atoms with Crippen LogP contribution in [0.2, 0.25) is 0 Å². The quantitative estimate of drug-likeness (QED) is 0.592. The highest BCUT2D eigenvalue weighted by Crippen LogP contribution is 2.22. The minimum atomic E-state index is -3.86. The van der Waals surface area contributed by atoms with Crippen molar-refractivity contribution in [3.8, 4) is 0 Å². The van der Waals surface area contributed by atoms with E-state index in [0.29, 0.717) is 5.56 Å². The van der Waals surface area contributed by atoms with Crippen molar-refractivity contribution in [1.82, 2.24) is 4.72 Å².